The van der Waals surface area contributed by atoms with Gasteiger partial charge in [-0.3, -0.25) is 0 Å². The van der Waals surface area contributed by atoms with Crippen LogP contribution >= 0.6 is 0 Å². The molecule has 1 aliphatic heterocycles. The number of hydrogen-bond donors (Lipinski definition) is 0. The molecule has 2 heterocycles. The molecular formula is C21H32N2O3. The van der Waals surface area contributed by atoms with Crippen LogP contribution in [0.15, 0.2) is 0 Å². The largest absolute Gasteiger partial charge is 0.481 e. The van der Waals surface area contributed by atoms with Crippen molar-refractivity contribution in [3.63, 3.8) is 0 Å². The zero-order chi connectivity index (χ0) is 18.7. The van der Waals surface area contributed by atoms with E-state index in [1.54, 1.807) is 7.11 Å². The smallest absolute Gasteiger partial charge is 0.219 e. The highest BCUT2D eigenvalue weighted by Crippen LogP contribution is 2.57. The summed E-state index contributed by atoms with van der Waals surface area (Å²) >= 11 is 0. The minimum Gasteiger partial charge on any atom is -0.481 e. The molecule has 1 saturated carbocycles. The van der Waals surface area contributed by atoms with E-state index in [0.717, 1.165) is 37.4 Å². The molecule has 3 atom stereocenters. The SMILES string of the molecule is COc1nc(C(C)(C)C)nc2c1CC[C@H]1[C@H](C)C3(CC[C@]21C)OCCO3. The Balaban J connectivity index is 1.81. The average molecular weight is 360 g/mol. The molecule has 1 spiro atoms. The van der Waals surface area contributed by atoms with Gasteiger partial charge in [-0.25, -0.2) is 4.98 Å². The molecule has 0 amide bonds. The molecule has 5 heteroatoms. The second-order valence-corrected chi connectivity index (χ2v) is 9.49. The van der Waals surface area contributed by atoms with Crippen molar-refractivity contribution in [2.24, 2.45) is 11.8 Å². The van der Waals surface area contributed by atoms with Gasteiger partial charge in [-0.1, -0.05) is 34.6 Å². The summed E-state index contributed by atoms with van der Waals surface area (Å²) in [5, 5.41) is 0. The number of nitrogens with zero attached hydrogens (tertiary/aromatic N) is 2. The molecule has 0 unspecified atom stereocenters. The fourth-order valence-corrected chi connectivity index (χ4v) is 5.41. The first-order valence-corrected chi connectivity index (χ1v) is 9.95. The van der Waals surface area contributed by atoms with Gasteiger partial charge in [0.25, 0.3) is 0 Å². The summed E-state index contributed by atoms with van der Waals surface area (Å²) in [4.78, 5) is 9.88. The Hall–Kier alpha value is -1.20. The maximum absolute atomic E-state index is 6.12. The number of ether oxygens (including phenoxy) is 3. The number of aromatic nitrogens is 2. The fourth-order valence-electron chi connectivity index (χ4n) is 5.41. The molecule has 4 rings (SSSR count). The van der Waals surface area contributed by atoms with E-state index in [-0.39, 0.29) is 16.6 Å². The van der Waals surface area contributed by atoms with Gasteiger partial charge in [0.05, 0.1) is 26.0 Å². The number of fused-ring (bicyclic) bond motifs is 3. The molecule has 1 aromatic heterocycles. The van der Waals surface area contributed by atoms with Gasteiger partial charge in [0.15, 0.2) is 5.79 Å². The van der Waals surface area contributed by atoms with Crippen molar-refractivity contribution in [3.05, 3.63) is 17.1 Å². The van der Waals surface area contributed by atoms with Gasteiger partial charge in [-0.2, -0.15) is 4.98 Å². The zero-order valence-electron chi connectivity index (χ0n) is 17.0. The highest BCUT2D eigenvalue weighted by atomic mass is 16.7. The molecule has 0 aromatic carbocycles. The first-order chi connectivity index (χ1) is 12.2. The van der Waals surface area contributed by atoms with Crippen LogP contribution < -0.4 is 4.74 Å². The Kier molecular flexibility index (Phi) is 4.12. The lowest BCUT2D eigenvalue weighted by Gasteiger charge is -2.54. The van der Waals surface area contributed by atoms with Crippen molar-refractivity contribution in [2.45, 2.75) is 76.9 Å². The Labute approximate surface area is 156 Å². The third-order valence-electron chi connectivity index (χ3n) is 6.96. The van der Waals surface area contributed by atoms with Crippen molar-refractivity contribution >= 4 is 0 Å². The average Bonchev–Trinajstić information content (AvgIpc) is 3.07. The summed E-state index contributed by atoms with van der Waals surface area (Å²) in [6.07, 6.45) is 4.02. The molecule has 0 bridgehead atoms. The third kappa shape index (κ3) is 2.50. The third-order valence-corrected chi connectivity index (χ3v) is 6.96. The van der Waals surface area contributed by atoms with E-state index in [4.69, 9.17) is 24.2 Å². The van der Waals surface area contributed by atoms with E-state index >= 15 is 0 Å². The van der Waals surface area contributed by atoms with Crippen molar-refractivity contribution in [3.8, 4) is 5.88 Å². The minimum absolute atomic E-state index is 0.0176. The van der Waals surface area contributed by atoms with Crippen LogP contribution in [-0.4, -0.2) is 36.1 Å². The molecule has 0 radical (unpaired) electrons. The molecule has 1 saturated heterocycles. The quantitative estimate of drug-likeness (QED) is 0.763. The van der Waals surface area contributed by atoms with E-state index in [2.05, 4.69) is 34.6 Å². The van der Waals surface area contributed by atoms with E-state index in [1.807, 2.05) is 0 Å². The van der Waals surface area contributed by atoms with Crippen LogP contribution in [0.4, 0.5) is 0 Å². The summed E-state index contributed by atoms with van der Waals surface area (Å²) in [5.74, 6) is 2.11. The second-order valence-electron chi connectivity index (χ2n) is 9.49. The van der Waals surface area contributed by atoms with E-state index < -0.39 is 0 Å². The molecule has 1 aromatic rings. The predicted molar refractivity (Wildman–Crippen MR) is 99.5 cm³/mol. The van der Waals surface area contributed by atoms with Crippen LogP contribution in [0.2, 0.25) is 0 Å². The predicted octanol–water partition coefficient (Wildman–Crippen LogP) is 3.78. The van der Waals surface area contributed by atoms with Crippen LogP contribution in [0.5, 0.6) is 5.88 Å². The van der Waals surface area contributed by atoms with E-state index in [0.29, 0.717) is 25.0 Å². The second kappa shape index (κ2) is 5.90. The Morgan fingerprint density at radius 2 is 1.81 bits per heavy atom. The lowest BCUT2D eigenvalue weighted by Crippen LogP contribution is -2.55. The zero-order valence-corrected chi connectivity index (χ0v) is 17.0. The number of methoxy groups -OCH3 is 1. The molecule has 2 fully saturated rings. The summed E-state index contributed by atoms with van der Waals surface area (Å²) in [6, 6.07) is 0. The Bertz CT molecular complexity index is 706. The number of rotatable bonds is 1. The first kappa shape index (κ1) is 18.2. The fraction of sp³-hybridized carbons (Fsp3) is 0.810. The van der Waals surface area contributed by atoms with Crippen LogP contribution in [0.3, 0.4) is 0 Å². The maximum Gasteiger partial charge on any atom is 0.219 e. The summed E-state index contributed by atoms with van der Waals surface area (Å²) in [7, 11) is 1.72. The molecule has 26 heavy (non-hydrogen) atoms. The van der Waals surface area contributed by atoms with Crippen LogP contribution in [0.1, 0.15) is 71.0 Å². The monoisotopic (exact) mass is 360 g/mol. The van der Waals surface area contributed by atoms with Crippen molar-refractivity contribution in [1.82, 2.24) is 9.97 Å². The molecule has 5 nitrogen and oxygen atoms in total. The van der Waals surface area contributed by atoms with Crippen LogP contribution in [-0.2, 0) is 26.7 Å². The van der Waals surface area contributed by atoms with Gasteiger partial charge >= 0.3 is 0 Å². The van der Waals surface area contributed by atoms with Crippen molar-refractivity contribution in [2.75, 3.05) is 20.3 Å². The normalized spacial score (nSPS) is 33.0. The highest BCUT2D eigenvalue weighted by molar-refractivity contribution is 5.40. The minimum atomic E-state index is -0.383. The summed E-state index contributed by atoms with van der Waals surface area (Å²) in [6.45, 7) is 12.6. The molecule has 2 aliphatic carbocycles. The van der Waals surface area contributed by atoms with Gasteiger partial charge in [0.2, 0.25) is 5.88 Å². The van der Waals surface area contributed by atoms with Crippen LogP contribution in [0.25, 0.3) is 0 Å². The Morgan fingerprint density at radius 1 is 1.12 bits per heavy atom. The van der Waals surface area contributed by atoms with Crippen LogP contribution in [0, 0.1) is 11.8 Å². The van der Waals surface area contributed by atoms with Crippen molar-refractivity contribution in [1.29, 1.82) is 0 Å². The van der Waals surface area contributed by atoms with Gasteiger partial charge in [0.1, 0.15) is 5.82 Å². The van der Waals surface area contributed by atoms with E-state index in [1.165, 1.54) is 11.3 Å². The van der Waals surface area contributed by atoms with E-state index in [9.17, 15) is 0 Å². The Morgan fingerprint density at radius 3 is 2.42 bits per heavy atom. The summed E-state index contributed by atoms with van der Waals surface area (Å²) < 4.78 is 17.9. The van der Waals surface area contributed by atoms with Gasteiger partial charge in [-0.05, 0) is 25.2 Å². The number of hydrogen-bond acceptors (Lipinski definition) is 5. The first-order valence-electron chi connectivity index (χ1n) is 9.95. The molecule has 144 valence electrons. The lowest BCUT2D eigenvalue weighted by atomic mass is 9.55. The topological polar surface area (TPSA) is 53.5 Å². The highest BCUT2D eigenvalue weighted by Gasteiger charge is 2.58. The summed E-state index contributed by atoms with van der Waals surface area (Å²) in [5.41, 5.74) is 2.31. The standard InChI is InChI=1S/C21H32N2O3/c1-13-15-8-7-14-16(22-18(19(2,3)4)23-17(14)24-6)20(15,5)9-10-21(13)25-11-12-26-21/h13,15H,7-12H2,1-6H3/t13-,15-,20-/m0/s1. The lowest BCUT2D eigenvalue weighted by molar-refractivity contribution is -0.234. The van der Waals surface area contributed by atoms with Gasteiger partial charge in [0, 0.05) is 28.7 Å². The molecule has 3 aliphatic rings. The molecule has 0 N–H and O–H groups in total. The van der Waals surface area contributed by atoms with Gasteiger partial charge in [-0.15, -0.1) is 0 Å². The maximum atomic E-state index is 6.12. The van der Waals surface area contributed by atoms with Gasteiger partial charge < -0.3 is 14.2 Å². The van der Waals surface area contributed by atoms with Crippen molar-refractivity contribution < 1.29 is 14.2 Å². The molecular weight excluding hydrogens is 328 g/mol.